The van der Waals surface area contributed by atoms with E-state index in [2.05, 4.69) is 25.9 Å². The fourth-order valence-electron chi connectivity index (χ4n) is 0.550. The molecule has 1 aromatic heterocycles. The average Bonchev–Trinajstić information content (AvgIpc) is 1.96. The van der Waals surface area contributed by atoms with Crippen molar-refractivity contribution in [3.63, 3.8) is 0 Å². The monoisotopic (exact) mass is 252 g/mol. The van der Waals surface area contributed by atoms with Crippen molar-refractivity contribution in [2.45, 2.75) is 0 Å². The normalized spacial score (nSPS) is 9.83. The van der Waals surface area contributed by atoms with Crippen LogP contribution in [-0.2, 0) is 0 Å². The summed E-state index contributed by atoms with van der Waals surface area (Å²) >= 11 is 8.12. The SMILES string of the molecule is O=C(O)c1nc(Cl)c(=O)[nH]c1Br. The molecule has 0 saturated carbocycles. The molecule has 1 heterocycles. The first-order valence-electron chi connectivity index (χ1n) is 2.71. The van der Waals surface area contributed by atoms with Gasteiger partial charge in [-0.1, -0.05) is 11.6 Å². The zero-order valence-corrected chi connectivity index (χ0v) is 7.81. The molecular formula is C5H2BrClN2O3. The number of aromatic nitrogens is 2. The van der Waals surface area contributed by atoms with Gasteiger partial charge in [-0.05, 0) is 15.9 Å². The van der Waals surface area contributed by atoms with Gasteiger partial charge in [0, 0.05) is 0 Å². The number of aromatic carboxylic acids is 1. The molecule has 0 aromatic carbocycles. The lowest BCUT2D eigenvalue weighted by Crippen LogP contribution is -2.14. The summed E-state index contributed by atoms with van der Waals surface area (Å²) in [6.07, 6.45) is 0. The molecule has 0 aliphatic heterocycles. The van der Waals surface area contributed by atoms with Gasteiger partial charge in [0.25, 0.3) is 5.56 Å². The Hall–Kier alpha value is -0.880. The highest BCUT2D eigenvalue weighted by Crippen LogP contribution is 2.10. The largest absolute Gasteiger partial charge is 0.476 e. The van der Waals surface area contributed by atoms with E-state index in [1.165, 1.54) is 0 Å². The first-order chi connectivity index (χ1) is 5.52. The standard InChI is InChI=1S/C5H2BrClN2O3/c6-2-1(5(11)12)8-3(7)4(10)9-2/h(H,9,10)(H,11,12). The van der Waals surface area contributed by atoms with Crippen LogP contribution in [0.1, 0.15) is 10.5 Å². The van der Waals surface area contributed by atoms with E-state index in [1.54, 1.807) is 0 Å². The number of nitrogens with zero attached hydrogens (tertiary/aromatic N) is 1. The number of hydrogen-bond donors (Lipinski definition) is 2. The highest BCUT2D eigenvalue weighted by atomic mass is 79.9. The summed E-state index contributed by atoms with van der Waals surface area (Å²) in [5.41, 5.74) is -0.951. The van der Waals surface area contributed by atoms with Crippen LogP contribution in [0.25, 0.3) is 0 Å². The van der Waals surface area contributed by atoms with E-state index >= 15 is 0 Å². The van der Waals surface area contributed by atoms with Crippen molar-refractivity contribution in [3.05, 3.63) is 25.8 Å². The second-order valence-electron chi connectivity index (χ2n) is 1.82. The molecule has 2 N–H and O–H groups in total. The first-order valence-corrected chi connectivity index (χ1v) is 3.88. The molecule has 0 radical (unpaired) electrons. The Morgan fingerprint density at radius 2 is 2.25 bits per heavy atom. The molecule has 64 valence electrons. The van der Waals surface area contributed by atoms with E-state index in [-0.39, 0.29) is 10.3 Å². The second kappa shape index (κ2) is 3.24. The highest BCUT2D eigenvalue weighted by Gasteiger charge is 2.12. The van der Waals surface area contributed by atoms with Gasteiger partial charge in [-0.15, -0.1) is 0 Å². The summed E-state index contributed by atoms with van der Waals surface area (Å²) in [5.74, 6) is -1.26. The molecule has 0 fully saturated rings. The maximum atomic E-state index is 10.7. The van der Waals surface area contributed by atoms with Crippen molar-refractivity contribution in [2.24, 2.45) is 0 Å². The molecule has 7 heteroatoms. The van der Waals surface area contributed by atoms with Crippen LogP contribution in [0.4, 0.5) is 0 Å². The Bertz CT molecular complexity index is 389. The molecule has 0 atom stereocenters. The third kappa shape index (κ3) is 1.64. The van der Waals surface area contributed by atoms with E-state index < -0.39 is 16.7 Å². The summed E-state index contributed by atoms with van der Waals surface area (Å²) in [6.45, 7) is 0. The Kier molecular flexibility index (Phi) is 2.49. The highest BCUT2D eigenvalue weighted by molar-refractivity contribution is 9.10. The lowest BCUT2D eigenvalue weighted by molar-refractivity contribution is 0.0688. The Morgan fingerprint density at radius 1 is 1.67 bits per heavy atom. The summed E-state index contributed by atoms with van der Waals surface area (Å²) < 4.78 is 0.00407. The number of nitrogens with one attached hydrogen (secondary N) is 1. The zero-order chi connectivity index (χ0) is 9.30. The van der Waals surface area contributed by atoms with Crippen LogP contribution in [-0.4, -0.2) is 21.0 Å². The van der Waals surface area contributed by atoms with Gasteiger partial charge in [0.05, 0.1) is 0 Å². The number of H-pyrrole nitrogens is 1. The summed E-state index contributed by atoms with van der Waals surface area (Å²) in [6, 6.07) is 0. The van der Waals surface area contributed by atoms with Crippen LogP contribution >= 0.6 is 27.5 Å². The van der Waals surface area contributed by atoms with Crippen LogP contribution in [0.15, 0.2) is 9.40 Å². The quantitative estimate of drug-likeness (QED) is 0.778. The third-order valence-corrected chi connectivity index (χ3v) is 1.86. The zero-order valence-electron chi connectivity index (χ0n) is 5.47. The minimum Gasteiger partial charge on any atom is -0.476 e. The first kappa shape index (κ1) is 9.21. The maximum absolute atomic E-state index is 10.7. The van der Waals surface area contributed by atoms with Gasteiger partial charge in [0.15, 0.2) is 10.8 Å². The molecule has 1 aromatic rings. The lowest BCUT2D eigenvalue weighted by atomic mass is 10.5. The molecule has 0 saturated heterocycles. The molecule has 0 amide bonds. The van der Waals surface area contributed by atoms with Crippen molar-refractivity contribution < 1.29 is 9.90 Å². The Labute approximate surface area is 79.5 Å². The maximum Gasteiger partial charge on any atom is 0.357 e. The number of hydrogen-bond acceptors (Lipinski definition) is 3. The van der Waals surface area contributed by atoms with Gasteiger partial charge >= 0.3 is 5.97 Å². The van der Waals surface area contributed by atoms with Gasteiger partial charge < -0.3 is 10.1 Å². The number of carboxylic acids is 1. The van der Waals surface area contributed by atoms with Crippen molar-refractivity contribution in [1.82, 2.24) is 9.97 Å². The van der Waals surface area contributed by atoms with Crippen molar-refractivity contribution >= 4 is 33.5 Å². The van der Waals surface area contributed by atoms with Gasteiger partial charge in [0.2, 0.25) is 0 Å². The minimum absolute atomic E-state index is 0.00407. The molecule has 0 spiro atoms. The molecule has 0 unspecified atom stereocenters. The van der Waals surface area contributed by atoms with Crippen LogP contribution < -0.4 is 5.56 Å². The van der Waals surface area contributed by atoms with E-state index in [1.807, 2.05) is 0 Å². The van der Waals surface area contributed by atoms with E-state index in [0.29, 0.717) is 0 Å². The smallest absolute Gasteiger partial charge is 0.357 e. The molecule has 0 bridgehead atoms. The molecule has 12 heavy (non-hydrogen) atoms. The van der Waals surface area contributed by atoms with E-state index in [0.717, 1.165) is 0 Å². The third-order valence-electron chi connectivity index (χ3n) is 1.03. The molecule has 0 aliphatic rings. The van der Waals surface area contributed by atoms with Crippen molar-refractivity contribution in [3.8, 4) is 0 Å². The number of rotatable bonds is 1. The summed E-state index contributed by atoms with van der Waals surface area (Å²) in [5, 5.41) is 8.11. The lowest BCUT2D eigenvalue weighted by Gasteiger charge is -1.96. The van der Waals surface area contributed by atoms with Crippen LogP contribution in [0.3, 0.4) is 0 Å². The van der Waals surface area contributed by atoms with E-state index in [4.69, 9.17) is 16.7 Å². The van der Waals surface area contributed by atoms with Crippen LogP contribution in [0.5, 0.6) is 0 Å². The number of carbonyl (C=O) groups is 1. The average molecular weight is 253 g/mol. The molecule has 1 rings (SSSR count). The number of aromatic amines is 1. The number of carboxylic acid groups (broad SMARTS) is 1. The van der Waals surface area contributed by atoms with Crippen LogP contribution in [0.2, 0.25) is 5.15 Å². The summed E-state index contributed by atoms with van der Waals surface area (Å²) in [4.78, 5) is 26.7. The Morgan fingerprint density at radius 3 is 2.75 bits per heavy atom. The topological polar surface area (TPSA) is 83.0 Å². The predicted octanol–water partition coefficient (Wildman–Crippen LogP) is 0.884. The van der Waals surface area contributed by atoms with Gasteiger partial charge in [-0.25, -0.2) is 9.78 Å². The minimum atomic E-state index is -1.26. The molecule has 5 nitrogen and oxygen atoms in total. The van der Waals surface area contributed by atoms with Crippen LogP contribution in [0, 0.1) is 0 Å². The van der Waals surface area contributed by atoms with Crippen molar-refractivity contribution in [1.29, 1.82) is 0 Å². The second-order valence-corrected chi connectivity index (χ2v) is 2.98. The summed E-state index contributed by atoms with van der Waals surface area (Å²) in [7, 11) is 0. The Balaban J connectivity index is 3.43. The number of halogens is 2. The van der Waals surface area contributed by atoms with Gasteiger partial charge in [-0.2, -0.15) is 0 Å². The molecule has 0 aliphatic carbocycles. The fourth-order valence-corrected chi connectivity index (χ4v) is 1.12. The predicted molar refractivity (Wildman–Crippen MR) is 44.5 cm³/mol. The molecular weight excluding hydrogens is 251 g/mol. The van der Waals surface area contributed by atoms with Crippen molar-refractivity contribution in [2.75, 3.05) is 0 Å². The van der Waals surface area contributed by atoms with E-state index in [9.17, 15) is 9.59 Å². The van der Waals surface area contributed by atoms with Gasteiger partial charge in [0.1, 0.15) is 4.60 Å². The van der Waals surface area contributed by atoms with Gasteiger partial charge in [-0.3, -0.25) is 4.79 Å². The fraction of sp³-hybridized carbons (Fsp3) is 0.